The third-order valence-corrected chi connectivity index (χ3v) is 3.97. The summed E-state index contributed by atoms with van der Waals surface area (Å²) in [5.74, 6) is 0.499. The quantitative estimate of drug-likeness (QED) is 0.363. The Morgan fingerprint density at radius 2 is 2.18 bits per heavy atom. The molecule has 1 N–H and O–H groups in total. The van der Waals surface area contributed by atoms with Gasteiger partial charge in [0.05, 0.1) is 24.0 Å². The van der Waals surface area contributed by atoms with E-state index in [9.17, 15) is 5.26 Å². The number of nitriles is 1. The van der Waals surface area contributed by atoms with Crippen molar-refractivity contribution in [3.05, 3.63) is 29.3 Å². The van der Waals surface area contributed by atoms with E-state index in [1.807, 2.05) is 32.9 Å². The first kappa shape index (κ1) is 18.6. The molecule has 0 saturated carbocycles. The number of halogens is 1. The number of nitrogens with one attached hydrogen (secondary N) is 1. The van der Waals surface area contributed by atoms with Gasteiger partial charge in [-0.2, -0.15) is 5.26 Å². The van der Waals surface area contributed by atoms with E-state index in [1.54, 1.807) is 6.07 Å². The molecule has 0 aliphatic heterocycles. The van der Waals surface area contributed by atoms with Gasteiger partial charge in [-0.05, 0) is 44.7 Å². The Hall–Kier alpha value is -1.47. The minimum absolute atomic E-state index is 0.200. The summed E-state index contributed by atoms with van der Waals surface area (Å²) in [6, 6.07) is 7.88. The highest BCUT2D eigenvalue weighted by molar-refractivity contribution is 6.33. The van der Waals surface area contributed by atoms with E-state index in [0.717, 1.165) is 17.5 Å². The number of nitrogens with zero attached hydrogens (tertiary/aromatic N) is 1. The molecular formula is C17H22BClN2O. The topological polar surface area (TPSA) is 56.9 Å². The lowest BCUT2D eigenvalue weighted by Crippen LogP contribution is -2.25. The maximum Gasteiger partial charge on any atom is 0.188 e. The molecule has 1 aromatic rings. The van der Waals surface area contributed by atoms with Gasteiger partial charge in [-0.1, -0.05) is 23.7 Å². The molecule has 116 valence electrons. The SMILES string of the molecule is [B]c1ccc(C(C)(C)C#N)cc1C(CCCCl)C(=N)OCC. The van der Waals surface area contributed by atoms with Crippen LogP contribution < -0.4 is 5.46 Å². The van der Waals surface area contributed by atoms with Crippen molar-refractivity contribution < 1.29 is 4.74 Å². The zero-order chi connectivity index (χ0) is 16.8. The smallest absolute Gasteiger partial charge is 0.188 e. The standard InChI is InChI=1S/C17H22BClN2O/c1-4-22-16(21)13(6-5-9-19)14-10-12(7-8-15(14)18)17(2,3)11-20/h7-8,10,13,21H,4-6,9H2,1-3H3. The van der Waals surface area contributed by atoms with Crippen molar-refractivity contribution in [1.82, 2.24) is 0 Å². The van der Waals surface area contributed by atoms with Crippen molar-refractivity contribution in [2.45, 2.75) is 44.9 Å². The summed E-state index contributed by atoms with van der Waals surface area (Å²) in [5.41, 5.74) is 1.73. The predicted octanol–water partition coefficient (Wildman–Crippen LogP) is 3.40. The zero-order valence-corrected chi connectivity index (χ0v) is 14.2. The fraction of sp³-hybridized carbons (Fsp3) is 0.529. The molecule has 22 heavy (non-hydrogen) atoms. The molecule has 5 heteroatoms. The second kappa shape index (κ2) is 8.24. The van der Waals surface area contributed by atoms with Gasteiger partial charge in [-0.25, -0.2) is 0 Å². The van der Waals surface area contributed by atoms with Gasteiger partial charge in [0.15, 0.2) is 5.90 Å². The Bertz CT molecular complexity index is 566. The minimum atomic E-state index is -0.604. The lowest BCUT2D eigenvalue weighted by atomic mass is 9.77. The molecule has 0 saturated heterocycles. The Balaban J connectivity index is 3.26. The molecule has 0 amide bonds. The molecule has 0 aromatic heterocycles. The summed E-state index contributed by atoms with van der Waals surface area (Å²) < 4.78 is 5.38. The fourth-order valence-electron chi connectivity index (χ4n) is 2.30. The average Bonchev–Trinajstić information content (AvgIpc) is 2.49. The van der Waals surface area contributed by atoms with Gasteiger partial charge in [0.1, 0.15) is 7.85 Å². The predicted molar refractivity (Wildman–Crippen MR) is 92.5 cm³/mol. The number of rotatable bonds is 7. The fourth-order valence-corrected chi connectivity index (χ4v) is 2.45. The van der Waals surface area contributed by atoms with Crippen LogP contribution in [0.4, 0.5) is 0 Å². The van der Waals surface area contributed by atoms with E-state index in [1.165, 1.54) is 0 Å². The van der Waals surface area contributed by atoms with Crippen LogP contribution in [0, 0.1) is 16.7 Å². The molecule has 1 aromatic carbocycles. The van der Waals surface area contributed by atoms with Crippen molar-refractivity contribution >= 4 is 30.8 Å². The maximum atomic E-state index is 9.32. The molecule has 0 spiro atoms. The Morgan fingerprint density at radius 1 is 1.50 bits per heavy atom. The van der Waals surface area contributed by atoms with Crippen LogP contribution in [-0.2, 0) is 10.2 Å². The van der Waals surface area contributed by atoms with Crippen LogP contribution >= 0.6 is 11.6 Å². The molecule has 0 bridgehead atoms. The van der Waals surface area contributed by atoms with Crippen LogP contribution in [0.3, 0.4) is 0 Å². The van der Waals surface area contributed by atoms with Gasteiger partial charge < -0.3 is 4.74 Å². The largest absolute Gasteiger partial charge is 0.481 e. The van der Waals surface area contributed by atoms with E-state index in [2.05, 4.69) is 6.07 Å². The van der Waals surface area contributed by atoms with Gasteiger partial charge in [-0.15, -0.1) is 11.6 Å². The van der Waals surface area contributed by atoms with Crippen molar-refractivity contribution in [3.63, 3.8) is 0 Å². The van der Waals surface area contributed by atoms with Crippen molar-refractivity contribution in [1.29, 1.82) is 10.7 Å². The summed E-state index contributed by atoms with van der Waals surface area (Å²) >= 11 is 5.80. The molecule has 0 fully saturated rings. The average molecular weight is 317 g/mol. The normalized spacial score (nSPS) is 12.5. The Kier molecular flexibility index (Phi) is 6.96. The highest BCUT2D eigenvalue weighted by Crippen LogP contribution is 2.28. The summed E-state index contributed by atoms with van der Waals surface area (Å²) in [7, 11) is 6.11. The number of hydrogen-bond acceptors (Lipinski definition) is 3. The van der Waals surface area contributed by atoms with Crippen LogP contribution in [0.5, 0.6) is 0 Å². The second-order valence-corrected chi connectivity index (χ2v) is 6.14. The van der Waals surface area contributed by atoms with Crippen molar-refractivity contribution in [2.75, 3.05) is 12.5 Å². The van der Waals surface area contributed by atoms with Crippen molar-refractivity contribution in [2.24, 2.45) is 0 Å². The molecule has 1 rings (SSSR count). The summed E-state index contributed by atoms with van der Waals surface area (Å²) in [5, 5.41) is 17.5. The maximum absolute atomic E-state index is 9.32. The number of ether oxygens (including phenoxy) is 1. The number of benzene rings is 1. The zero-order valence-electron chi connectivity index (χ0n) is 13.4. The van der Waals surface area contributed by atoms with Gasteiger partial charge in [-0.3, -0.25) is 5.41 Å². The summed E-state index contributed by atoms with van der Waals surface area (Å²) in [6.45, 7) is 6.03. The third kappa shape index (κ3) is 4.51. The lowest BCUT2D eigenvalue weighted by molar-refractivity contribution is 0.305. The highest BCUT2D eigenvalue weighted by atomic mass is 35.5. The number of alkyl halides is 1. The molecule has 0 aliphatic carbocycles. The molecule has 1 atom stereocenters. The molecular weight excluding hydrogens is 294 g/mol. The molecule has 0 heterocycles. The van der Waals surface area contributed by atoms with Gasteiger partial charge in [0.2, 0.25) is 0 Å². The van der Waals surface area contributed by atoms with E-state index >= 15 is 0 Å². The van der Waals surface area contributed by atoms with Crippen LogP contribution in [0.1, 0.15) is 50.7 Å². The highest BCUT2D eigenvalue weighted by Gasteiger charge is 2.24. The molecule has 3 nitrogen and oxygen atoms in total. The van der Waals surface area contributed by atoms with E-state index in [4.69, 9.17) is 29.6 Å². The Morgan fingerprint density at radius 3 is 2.73 bits per heavy atom. The van der Waals surface area contributed by atoms with Crippen LogP contribution in [0.15, 0.2) is 18.2 Å². The first-order valence-electron chi connectivity index (χ1n) is 7.45. The second-order valence-electron chi connectivity index (χ2n) is 5.76. The summed E-state index contributed by atoms with van der Waals surface area (Å²) in [6.07, 6.45) is 1.47. The van der Waals surface area contributed by atoms with E-state index < -0.39 is 5.41 Å². The molecule has 2 radical (unpaired) electrons. The first-order chi connectivity index (χ1) is 10.4. The monoisotopic (exact) mass is 316 g/mol. The first-order valence-corrected chi connectivity index (χ1v) is 7.99. The van der Waals surface area contributed by atoms with Gasteiger partial charge in [0, 0.05) is 5.88 Å². The van der Waals surface area contributed by atoms with Gasteiger partial charge in [0.25, 0.3) is 0 Å². The molecule has 1 unspecified atom stereocenters. The van der Waals surface area contributed by atoms with Crippen LogP contribution in [0.2, 0.25) is 0 Å². The Labute approximate surface area is 139 Å². The van der Waals surface area contributed by atoms with E-state index in [-0.39, 0.29) is 11.8 Å². The van der Waals surface area contributed by atoms with Crippen LogP contribution in [-0.4, -0.2) is 26.2 Å². The third-order valence-electron chi connectivity index (χ3n) is 3.71. The lowest BCUT2D eigenvalue weighted by Gasteiger charge is -2.24. The minimum Gasteiger partial charge on any atom is -0.481 e. The number of hydrogen-bond donors (Lipinski definition) is 1. The van der Waals surface area contributed by atoms with Gasteiger partial charge >= 0.3 is 0 Å². The summed E-state index contributed by atoms with van der Waals surface area (Å²) in [4.78, 5) is 0. The van der Waals surface area contributed by atoms with Crippen LogP contribution in [0.25, 0.3) is 0 Å². The molecule has 0 aliphatic rings. The van der Waals surface area contributed by atoms with Crippen molar-refractivity contribution in [3.8, 4) is 6.07 Å². The van der Waals surface area contributed by atoms with E-state index in [0.29, 0.717) is 24.4 Å².